The van der Waals surface area contributed by atoms with Gasteiger partial charge in [-0.15, -0.1) is 0 Å². The van der Waals surface area contributed by atoms with Crippen molar-refractivity contribution in [1.82, 2.24) is 10.2 Å². The van der Waals surface area contributed by atoms with Gasteiger partial charge in [0.05, 0.1) is 5.60 Å². The molecule has 0 aromatic rings. The quantitative estimate of drug-likeness (QED) is 0.804. The molecule has 2 bridgehead atoms. The van der Waals surface area contributed by atoms with Gasteiger partial charge in [-0.3, -0.25) is 0 Å². The zero-order chi connectivity index (χ0) is 13.3. The molecule has 106 valence electrons. The highest BCUT2D eigenvalue weighted by Crippen LogP contribution is 2.35. The van der Waals surface area contributed by atoms with Crippen molar-refractivity contribution < 1.29 is 5.11 Å². The van der Waals surface area contributed by atoms with Gasteiger partial charge in [0.25, 0.3) is 0 Å². The fourth-order valence-corrected chi connectivity index (χ4v) is 3.60. The lowest BCUT2D eigenvalue weighted by Gasteiger charge is -2.49. The van der Waals surface area contributed by atoms with E-state index in [1.54, 1.807) is 0 Å². The largest absolute Gasteiger partial charge is 0.389 e. The Bertz CT molecular complexity index is 258. The summed E-state index contributed by atoms with van der Waals surface area (Å²) in [5, 5.41) is 13.5. The van der Waals surface area contributed by atoms with Gasteiger partial charge in [0.2, 0.25) is 0 Å². The van der Waals surface area contributed by atoms with Crippen LogP contribution in [0.25, 0.3) is 0 Å². The second kappa shape index (κ2) is 5.48. The maximum Gasteiger partial charge on any atom is 0.0715 e. The minimum absolute atomic E-state index is 0.594. The van der Waals surface area contributed by atoms with E-state index in [9.17, 15) is 5.11 Å². The molecule has 0 amide bonds. The van der Waals surface area contributed by atoms with Gasteiger partial charge in [-0.25, -0.2) is 0 Å². The Kier molecular flexibility index (Phi) is 4.35. The molecule has 0 radical (unpaired) electrons. The summed E-state index contributed by atoms with van der Waals surface area (Å²) >= 11 is 0. The molecule has 2 rings (SSSR count). The molecule has 2 unspecified atom stereocenters. The monoisotopic (exact) mass is 254 g/mol. The topological polar surface area (TPSA) is 35.5 Å². The van der Waals surface area contributed by atoms with Crippen LogP contribution in [-0.4, -0.2) is 47.3 Å². The number of nitrogens with one attached hydrogen (secondary N) is 1. The first-order valence-electron chi connectivity index (χ1n) is 7.56. The van der Waals surface area contributed by atoms with Gasteiger partial charge in [0, 0.05) is 31.7 Å². The van der Waals surface area contributed by atoms with Crippen LogP contribution in [0.5, 0.6) is 0 Å². The maximum absolute atomic E-state index is 9.88. The average molecular weight is 254 g/mol. The fraction of sp³-hybridized carbons (Fsp3) is 1.00. The lowest BCUT2D eigenvalue weighted by atomic mass is 9.73. The summed E-state index contributed by atoms with van der Waals surface area (Å²) < 4.78 is 0. The Labute approximate surface area is 112 Å². The van der Waals surface area contributed by atoms with Crippen LogP contribution >= 0.6 is 0 Å². The molecule has 1 aliphatic carbocycles. The van der Waals surface area contributed by atoms with Crippen molar-refractivity contribution >= 4 is 0 Å². The van der Waals surface area contributed by atoms with Crippen molar-refractivity contribution in [2.24, 2.45) is 11.8 Å². The second-order valence-electron chi connectivity index (χ2n) is 7.22. The summed E-state index contributed by atoms with van der Waals surface area (Å²) in [4.78, 5) is 2.64. The van der Waals surface area contributed by atoms with E-state index in [4.69, 9.17) is 0 Å². The Hall–Kier alpha value is -0.120. The van der Waals surface area contributed by atoms with Crippen LogP contribution in [0.15, 0.2) is 0 Å². The molecule has 1 saturated carbocycles. The van der Waals surface area contributed by atoms with E-state index >= 15 is 0 Å². The van der Waals surface area contributed by atoms with E-state index in [0.717, 1.165) is 11.8 Å². The molecule has 2 aliphatic rings. The number of hydrogen-bond donors (Lipinski definition) is 2. The lowest BCUT2D eigenvalue weighted by molar-refractivity contribution is 0.0130. The Morgan fingerprint density at radius 3 is 2.22 bits per heavy atom. The molecule has 3 nitrogen and oxygen atoms in total. The van der Waals surface area contributed by atoms with Crippen molar-refractivity contribution in [2.45, 2.75) is 64.6 Å². The van der Waals surface area contributed by atoms with E-state index in [2.05, 4.69) is 24.1 Å². The van der Waals surface area contributed by atoms with Gasteiger partial charge in [-0.1, -0.05) is 6.42 Å². The average Bonchev–Trinajstić information content (AvgIpc) is 2.23. The van der Waals surface area contributed by atoms with E-state index in [-0.39, 0.29) is 0 Å². The lowest BCUT2D eigenvalue weighted by Crippen LogP contribution is -2.59. The highest BCUT2D eigenvalue weighted by molar-refractivity contribution is 4.96. The first-order valence-corrected chi connectivity index (χ1v) is 7.56. The summed E-state index contributed by atoms with van der Waals surface area (Å²) in [7, 11) is 0. The summed E-state index contributed by atoms with van der Waals surface area (Å²) in [6, 6.07) is 1.29. The predicted molar refractivity (Wildman–Crippen MR) is 75.6 cm³/mol. The summed E-state index contributed by atoms with van der Waals surface area (Å²) in [5.74, 6) is 1.56. The normalized spacial score (nSPS) is 34.0. The number of likely N-dealkylation sites (tertiary alicyclic amines) is 1. The van der Waals surface area contributed by atoms with Crippen molar-refractivity contribution in [3.05, 3.63) is 0 Å². The fourth-order valence-electron chi connectivity index (χ4n) is 3.60. The number of rotatable bonds is 4. The smallest absolute Gasteiger partial charge is 0.0715 e. The second-order valence-corrected chi connectivity index (χ2v) is 7.22. The van der Waals surface area contributed by atoms with Crippen LogP contribution in [0.4, 0.5) is 0 Å². The van der Waals surface area contributed by atoms with Crippen LogP contribution in [0, 0.1) is 11.8 Å². The first kappa shape index (κ1) is 14.3. The van der Waals surface area contributed by atoms with E-state index in [1.165, 1.54) is 32.4 Å². The third kappa shape index (κ3) is 3.46. The van der Waals surface area contributed by atoms with Gasteiger partial charge >= 0.3 is 0 Å². The van der Waals surface area contributed by atoms with E-state index < -0.39 is 5.60 Å². The van der Waals surface area contributed by atoms with Gasteiger partial charge in [-0.2, -0.15) is 0 Å². The SMILES string of the molecule is CC(C)N1CC2CCCC(C1)C2NCC(C)(C)O. The van der Waals surface area contributed by atoms with Crippen LogP contribution in [-0.2, 0) is 0 Å². The van der Waals surface area contributed by atoms with E-state index in [1.807, 2.05) is 13.8 Å². The standard InChI is InChI=1S/C15H30N2O/c1-11(2)17-8-12-6-5-7-13(9-17)14(12)16-10-15(3,4)18/h11-14,16,18H,5-10H2,1-4H3. The van der Waals surface area contributed by atoms with Crippen molar-refractivity contribution in [3.8, 4) is 0 Å². The molecule has 2 atom stereocenters. The van der Waals surface area contributed by atoms with Crippen molar-refractivity contribution in [1.29, 1.82) is 0 Å². The third-order valence-corrected chi connectivity index (χ3v) is 4.60. The first-order chi connectivity index (χ1) is 8.37. The number of piperidine rings is 1. The molecule has 1 saturated heterocycles. The summed E-state index contributed by atoms with van der Waals surface area (Å²) in [5.41, 5.74) is -0.594. The molecule has 0 aromatic carbocycles. The highest BCUT2D eigenvalue weighted by atomic mass is 16.3. The number of hydrogen-bond acceptors (Lipinski definition) is 3. The Morgan fingerprint density at radius 1 is 1.22 bits per heavy atom. The van der Waals surface area contributed by atoms with Crippen molar-refractivity contribution in [2.75, 3.05) is 19.6 Å². The molecule has 1 aliphatic heterocycles. The predicted octanol–water partition coefficient (Wildman–Crippen LogP) is 1.86. The minimum Gasteiger partial charge on any atom is -0.389 e. The van der Waals surface area contributed by atoms with Crippen LogP contribution in [0.1, 0.15) is 47.0 Å². The number of fused-ring (bicyclic) bond motifs is 2. The number of aliphatic hydroxyl groups is 1. The highest BCUT2D eigenvalue weighted by Gasteiger charge is 2.40. The molecular weight excluding hydrogens is 224 g/mol. The molecule has 18 heavy (non-hydrogen) atoms. The summed E-state index contributed by atoms with van der Waals surface area (Å²) in [6.45, 7) is 11.6. The van der Waals surface area contributed by atoms with Gasteiger partial charge < -0.3 is 15.3 Å². The maximum atomic E-state index is 9.88. The van der Waals surface area contributed by atoms with Gasteiger partial charge in [-0.05, 0) is 52.4 Å². The molecule has 3 heteroatoms. The van der Waals surface area contributed by atoms with Crippen LogP contribution < -0.4 is 5.32 Å². The zero-order valence-corrected chi connectivity index (χ0v) is 12.4. The Morgan fingerprint density at radius 2 is 1.78 bits per heavy atom. The molecule has 1 heterocycles. The molecule has 2 fully saturated rings. The minimum atomic E-state index is -0.594. The molecule has 2 N–H and O–H groups in total. The molecule has 0 spiro atoms. The van der Waals surface area contributed by atoms with Crippen LogP contribution in [0.2, 0.25) is 0 Å². The van der Waals surface area contributed by atoms with Gasteiger partial charge in [0.1, 0.15) is 0 Å². The molecule has 0 aromatic heterocycles. The van der Waals surface area contributed by atoms with Gasteiger partial charge in [0.15, 0.2) is 0 Å². The number of nitrogens with zero attached hydrogens (tertiary/aromatic N) is 1. The van der Waals surface area contributed by atoms with Crippen LogP contribution in [0.3, 0.4) is 0 Å². The third-order valence-electron chi connectivity index (χ3n) is 4.60. The zero-order valence-electron chi connectivity index (χ0n) is 12.4. The Balaban J connectivity index is 1.96. The summed E-state index contributed by atoms with van der Waals surface area (Å²) in [6.07, 6.45) is 4.09. The van der Waals surface area contributed by atoms with E-state index in [0.29, 0.717) is 18.6 Å². The van der Waals surface area contributed by atoms with Crippen molar-refractivity contribution in [3.63, 3.8) is 0 Å². The molecular formula is C15H30N2O.